The minimum Gasteiger partial charge on any atom is -0.354 e. The summed E-state index contributed by atoms with van der Waals surface area (Å²) < 4.78 is 13.7. The first-order valence-corrected chi connectivity index (χ1v) is 6.82. The molecule has 4 nitrogen and oxygen atoms in total. The molecule has 1 fully saturated rings. The zero-order valence-electron chi connectivity index (χ0n) is 11.3. The maximum Gasteiger partial charge on any atom is 0.234 e. The second-order valence-electron chi connectivity index (χ2n) is 4.99. The van der Waals surface area contributed by atoms with Crippen molar-refractivity contribution in [3.63, 3.8) is 0 Å². The monoisotopic (exact) mass is 275 g/mol. The van der Waals surface area contributed by atoms with Crippen molar-refractivity contribution in [1.82, 2.24) is 10.2 Å². The fourth-order valence-electron chi connectivity index (χ4n) is 2.10. The van der Waals surface area contributed by atoms with Crippen LogP contribution < -0.4 is 5.32 Å². The van der Waals surface area contributed by atoms with Crippen LogP contribution in [0.3, 0.4) is 0 Å². The van der Waals surface area contributed by atoms with Gasteiger partial charge in [-0.3, -0.25) is 9.69 Å². The zero-order valence-corrected chi connectivity index (χ0v) is 11.3. The Kier molecular flexibility index (Phi) is 5.08. The van der Waals surface area contributed by atoms with Crippen molar-refractivity contribution in [3.8, 4) is 6.07 Å². The largest absolute Gasteiger partial charge is 0.354 e. The Morgan fingerprint density at radius 2 is 2.20 bits per heavy atom. The van der Waals surface area contributed by atoms with Crippen LogP contribution in [0.15, 0.2) is 24.3 Å². The van der Waals surface area contributed by atoms with Crippen molar-refractivity contribution >= 4 is 5.91 Å². The van der Waals surface area contributed by atoms with Gasteiger partial charge in [0.2, 0.25) is 5.91 Å². The lowest BCUT2D eigenvalue weighted by Gasteiger charge is -2.21. The number of halogens is 1. The SMILES string of the molecule is N#CCCNC(=O)CN(Cc1ccccc1F)C1CC1. The number of carbonyl (C=O) groups excluding carboxylic acids is 1. The molecular formula is C15H18FN3O. The second-order valence-corrected chi connectivity index (χ2v) is 4.99. The van der Waals surface area contributed by atoms with Gasteiger partial charge in [0, 0.05) is 24.7 Å². The second kappa shape index (κ2) is 7.01. The molecule has 5 heteroatoms. The molecule has 0 heterocycles. The van der Waals surface area contributed by atoms with Gasteiger partial charge >= 0.3 is 0 Å². The minimum atomic E-state index is -0.233. The summed E-state index contributed by atoms with van der Waals surface area (Å²) in [6.45, 7) is 1.07. The summed E-state index contributed by atoms with van der Waals surface area (Å²) in [6.07, 6.45) is 2.42. The topological polar surface area (TPSA) is 56.1 Å². The molecule has 20 heavy (non-hydrogen) atoms. The molecular weight excluding hydrogens is 257 g/mol. The van der Waals surface area contributed by atoms with Crippen LogP contribution in [0.1, 0.15) is 24.8 Å². The van der Waals surface area contributed by atoms with Crippen LogP contribution in [0, 0.1) is 17.1 Å². The zero-order chi connectivity index (χ0) is 14.4. The van der Waals surface area contributed by atoms with Gasteiger partial charge in [0.25, 0.3) is 0 Å². The van der Waals surface area contributed by atoms with Gasteiger partial charge in [0.1, 0.15) is 5.82 Å². The van der Waals surface area contributed by atoms with Gasteiger partial charge in [-0.2, -0.15) is 5.26 Å². The lowest BCUT2D eigenvalue weighted by Crippen LogP contribution is -2.38. The number of nitriles is 1. The normalized spacial score (nSPS) is 14.1. The molecule has 0 bridgehead atoms. The fraction of sp³-hybridized carbons (Fsp3) is 0.467. The molecule has 0 unspecified atom stereocenters. The predicted octanol–water partition coefficient (Wildman–Crippen LogP) is 1.82. The lowest BCUT2D eigenvalue weighted by atomic mass is 10.2. The summed E-state index contributed by atoms with van der Waals surface area (Å²) in [4.78, 5) is 13.8. The number of nitrogens with one attached hydrogen (secondary N) is 1. The highest BCUT2D eigenvalue weighted by atomic mass is 19.1. The first-order valence-electron chi connectivity index (χ1n) is 6.82. The molecule has 2 rings (SSSR count). The van der Waals surface area contributed by atoms with Crippen molar-refractivity contribution in [2.75, 3.05) is 13.1 Å². The molecule has 1 saturated carbocycles. The Morgan fingerprint density at radius 1 is 1.45 bits per heavy atom. The van der Waals surface area contributed by atoms with Crippen molar-refractivity contribution in [2.45, 2.75) is 31.8 Å². The minimum absolute atomic E-state index is 0.108. The third kappa shape index (κ3) is 4.32. The molecule has 0 aliphatic heterocycles. The van der Waals surface area contributed by atoms with Gasteiger partial charge in [-0.15, -0.1) is 0 Å². The Balaban J connectivity index is 1.90. The van der Waals surface area contributed by atoms with Gasteiger partial charge in [0.05, 0.1) is 19.0 Å². The first-order chi connectivity index (χ1) is 9.70. The fourth-order valence-corrected chi connectivity index (χ4v) is 2.10. The molecule has 1 aliphatic rings. The summed E-state index contributed by atoms with van der Waals surface area (Å²) >= 11 is 0. The highest BCUT2D eigenvalue weighted by molar-refractivity contribution is 5.78. The van der Waals surface area contributed by atoms with Gasteiger partial charge in [0.15, 0.2) is 0 Å². The van der Waals surface area contributed by atoms with E-state index in [0.29, 0.717) is 31.1 Å². The van der Waals surface area contributed by atoms with Crippen molar-refractivity contribution in [2.24, 2.45) is 0 Å². The van der Waals surface area contributed by atoms with Crippen molar-refractivity contribution in [3.05, 3.63) is 35.6 Å². The number of rotatable bonds is 7. The highest BCUT2D eigenvalue weighted by Gasteiger charge is 2.30. The smallest absolute Gasteiger partial charge is 0.234 e. The number of nitrogens with zero attached hydrogens (tertiary/aromatic N) is 2. The molecule has 1 aromatic rings. The average molecular weight is 275 g/mol. The summed E-state index contributed by atoms with van der Waals surface area (Å²) in [5.41, 5.74) is 0.615. The van der Waals surface area contributed by atoms with Crippen LogP contribution in [-0.4, -0.2) is 29.9 Å². The maximum absolute atomic E-state index is 13.7. The molecule has 0 aromatic heterocycles. The van der Waals surface area contributed by atoms with E-state index >= 15 is 0 Å². The number of benzene rings is 1. The standard InChI is InChI=1S/C15H18FN3O/c16-14-5-2-1-4-12(14)10-19(13-6-7-13)11-15(20)18-9-3-8-17/h1-2,4-5,13H,3,6-7,9-11H2,(H,18,20). The number of hydrogen-bond donors (Lipinski definition) is 1. The molecule has 0 atom stereocenters. The van der Waals surface area contributed by atoms with Crippen LogP contribution >= 0.6 is 0 Å². The summed E-state index contributed by atoms with van der Waals surface area (Å²) in [5, 5.41) is 11.1. The molecule has 1 amide bonds. The van der Waals surface area contributed by atoms with Gasteiger partial charge in [-0.05, 0) is 18.9 Å². The molecule has 1 aliphatic carbocycles. The quantitative estimate of drug-likeness (QED) is 0.772. The van der Waals surface area contributed by atoms with Gasteiger partial charge in [-0.25, -0.2) is 4.39 Å². The predicted molar refractivity (Wildman–Crippen MR) is 73.1 cm³/mol. The van der Waals surface area contributed by atoms with Crippen LogP contribution in [-0.2, 0) is 11.3 Å². The number of hydrogen-bond acceptors (Lipinski definition) is 3. The van der Waals surface area contributed by atoms with Crippen LogP contribution in [0.5, 0.6) is 0 Å². The molecule has 0 saturated heterocycles. The van der Waals surface area contributed by atoms with Crippen LogP contribution in [0.2, 0.25) is 0 Å². The Bertz CT molecular complexity index is 508. The molecule has 0 radical (unpaired) electrons. The molecule has 1 aromatic carbocycles. The van der Waals surface area contributed by atoms with E-state index < -0.39 is 0 Å². The third-order valence-corrected chi connectivity index (χ3v) is 3.30. The highest BCUT2D eigenvalue weighted by Crippen LogP contribution is 2.28. The van der Waals surface area contributed by atoms with E-state index in [4.69, 9.17) is 5.26 Å². The lowest BCUT2D eigenvalue weighted by molar-refractivity contribution is -0.122. The maximum atomic E-state index is 13.7. The molecule has 0 spiro atoms. The molecule has 1 N–H and O–H groups in total. The number of amides is 1. The first kappa shape index (κ1) is 14.5. The number of carbonyl (C=O) groups is 1. The van der Waals surface area contributed by atoms with E-state index in [9.17, 15) is 9.18 Å². The Hall–Kier alpha value is -1.93. The van der Waals surface area contributed by atoms with E-state index in [0.717, 1.165) is 12.8 Å². The van der Waals surface area contributed by atoms with Gasteiger partial charge in [-0.1, -0.05) is 18.2 Å². The Labute approximate surface area is 118 Å². The molecule has 106 valence electrons. The van der Waals surface area contributed by atoms with Gasteiger partial charge < -0.3 is 5.32 Å². The summed E-state index contributed by atoms with van der Waals surface area (Å²) in [6, 6.07) is 9.00. The summed E-state index contributed by atoms with van der Waals surface area (Å²) in [5.74, 6) is -0.341. The average Bonchev–Trinajstić information content (AvgIpc) is 3.25. The van der Waals surface area contributed by atoms with E-state index in [1.54, 1.807) is 18.2 Å². The van der Waals surface area contributed by atoms with Crippen LogP contribution in [0.25, 0.3) is 0 Å². The Morgan fingerprint density at radius 3 is 2.85 bits per heavy atom. The summed E-state index contributed by atoms with van der Waals surface area (Å²) in [7, 11) is 0. The van der Waals surface area contributed by atoms with Crippen molar-refractivity contribution in [1.29, 1.82) is 5.26 Å². The van der Waals surface area contributed by atoms with E-state index in [-0.39, 0.29) is 18.3 Å². The van der Waals surface area contributed by atoms with E-state index in [1.165, 1.54) is 6.07 Å². The van der Waals surface area contributed by atoms with E-state index in [2.05, 4.69) is 5.32 Å². The van der Waals surface area contributed by atoms with Crippen molar-refractivity contribution < 1.29 is 9.18 Å². The van der Waals surface area contributed by atoms with E-state index in [1.807, 2.05) is 11.0 Å². The third-order valence-electron chi connectivity index (χ3n) is 3.30. The van der Waals surface area contributed by atoms with Crippen LogP contribution in [0.4, 0.5) is 4.39 Å².